The van der Waals surface area contributed by atoms with Gasteiger partial charge in [0.2, 0.25) is 0 Å². The van der Waals surface area contributed by atoms with Gasteiger partial charge in [-0.2, -0.15) is 0 Å². The molecule has 2 aliphatic heterocycles. The van der Waals surface area contributed by atoms with Gasteiger partial charge in [-0.15, -0.1) is 0 Å². The number of rotatable bonds is 5. The third-order valence-electron chi connectivity index (χ3n) is 5.69. The van der Waals surface area contributed by atoms with E-state index in [0.29, 0.717) is 61.9 Å². The van der Waals surface area contributed by atoms with E-state index >= 15 is 0 Å². The monoisotopic (exact) mass is 425 g/mol. The van der Waals surface area contributed by atoms with Crippen molar-refractivity contribution < 1.29 is 24.0 Å². The summed E-state index contributed by atoms with van der Waals surface area (Å²) in [5.41, 5.74) is 1.05. The number of hydrogen-bond donors (Lipinski definition) is 1. The van der Waals surface area contributed by atoms with Crippen molar-refractivity contribution in [3.8, 4) is 11.5 Å². The second-order valence-corrected chi connectivity index (χ2v) is 7.53. The van der Waals surface area contributed by atoms with Gasteiger partial charge in [0.15, 0.2) is 17.3 Å². The Labute approximate surface area is 179 Å². The number of nitro groups is 1. The van der Waals surface area contributed by atoms with Crippen molar-refractivity contribution in [2.75, 3.05) is 38.7 Å². The molecule has 0 unspecified atom stereocenters. The van der Waals surface area contributed by atoms with Crippen molar-refractivity contribution in [2.45, 2.75) is 12.8 Å². The SMILES string of the molecule is CNc1ccc(C(=O)N2CCC(C(=O)c3ccc4c(c3)OCCO4)CC2)cc1[N+](=O)[O-]. The summed E-state index contributed by atoms with van der Waals surface area (Å²) >= 11 is 0. The van der Waals surface area contributed by atoms with Crippen LogP contribution in [-0.4, -0.2) is 54.9 Å². The van der Waals surface area contributed by atoms with Crippen LogP contribution >= 0.6 is 0 Å². The quantitative estimate of drug-likeness (QED) is 0.445. The summed E-state index contributed by atoms with van der Waals surface area (Å²) in [5, 5.41) is 14.0. The zero-order valence-corrected chi connectivity index (χ0v) is 17.1. The second kappa shape index (κ2) is 8.63. The number of Topliss-reactive ketones (excluding diaryl/α,β-unsaturated/α-hetero) is 1. The number of nitro benzene ring substituents is 1. The number of piperidine rings is 1. The Bertz CT molecular complexity index is 1030. The highest BCUT2D eigenvalue weighted by Crippen LogP contribution is 2.33. The van der Waals surface area contributed by atoms with Gasteiger partial charge in [-0.25, -0.2) is 0 Å². The molecule has 0 aromatic heterocycles. The zero-order valence-electron chi connectivity index (χ0n) is 17.1. The molecule has 0 radical (unpaired) electrons. The molecule has 0 aliphatic carbocycles. The van der Waals surface area contributed by atoms with Crippen molar-refractivity contribution in [3.63, 3.8) is 0 Å². The van der Waals surface area contributed by atoms with Crippen molar-refractivity contribution in [1.82, 2.24) is 4.90 Å². The summed E-state index contributed by atoms with van der Waals surface area (Å²) in [7, 11) is 1.59. The first-order valence-electron chi connectivity index (χ1n) is 10.2. The van der Waals surface area contributed by atoms with Gasteiger partial charge in [0, 0.05) is 43.2 Å². The fourth-order valence-electron chi connectivity index (χ4n) is 3.99. The number of fused-ring (bicyclic) bond motifs is 1. The van der Waals surface area contributed by atoms with Crippen LogP contribution in [-0.2, 0) is 0 Å². The smallest absolute Gasteiger partial charge is 0.293 e. The zero-order chi connectivity index (χ0) is 22.0. The van der Waals surface area contributed by atoms with Gasteiger partial charge in [0.05, 0.1) is 4.92 Å². The standard InChI is InChI=1S/C22H23N3O6/c1-23-17-4-2-16(12-18(17)25(28)29)22(27)24-8-6-14(7-9-24)21(26)15-3-5-19-20(13-15)31-11-10-30-19/h2-5,12-14,23H,6-11H2,1H3. The maximum absolute atomic E-state index is 12.9. The van der Waals surface area contributed by atoms with Gasteiger partial charge in [-0.1, -0.05) is 0 Å². The Morgan fingerprint density at radius 1 is 1.03 bits per heavy atom. The van der Waals surface area contributed by atoms with Crippen molar-refractivity contribution >= 4 is 23.1 Å². The highest BCUT2D eigenvalue weighted by Gasteiger charge is 2.30. The number of ether oxygens (including phenoxy) is 2. The molecule has 2 heterocycles. The summed E-state index contributed by atoms with van der Waals surface area (Å²) in [6, 6.07) is 9.62. The Kier molecular flexibility index (Phi) is 5.75. The molecule has 9 heteroatoms. The molecule has 1 saturated heterocycles. The first-order chi connectivity index (χ1) is 15.0. The Morgan fingerprint density at radius 2 is 1.71 bits per heavy atom. The van der Waals surface area contributed by atoms with E-state index in [2.05, 4.69) is 5.32 Å². The molecule has 2 aliphatic rings. The molecular formula is C22H23N3O6. The van der Waals surface area contributed by atoms with Crippen LogP contribution in [0, 0.1) is 16.0 Å². The summed E-state index contributed by atoms with van der Waals surface area (Å²) in [4.78, 5) is 38.2. The highest BCUT2D eigenvalue weighted by molar-refractivity contribution is 5.99. The van der Waals surface area contributed by atoms with E-state index in [0.717, 1.165) is 0 Å². The number of nitrogens with zero attached hydrogens (tertiary/aromatic N) is 2. The van der Waals surface area contributed by atoms with Gasteiger partial charge in [-0.3, -0.25) is 19.7 Å². The number of nitrogens with one attached hydrogen (secondary N) is 1. The van der Waals surface area contributed by atoms with Crippen LogP contribution in [0.15, 0.2) is 36.4 Å². The molecule has 2 aromatic rings. The van der Waals surface area contributed by atoms with E-state index in [1.165, 1.54) is 12.1 Å². The number of benzene rings is 2. The molecule has 162 valence electrons. The van der Waals surface area contributed by atoms with E-state index in [1.807, 2.05) is 0 Å². The van der Waals surface area contributed by atoms with Gasteiger partial charge < -0.3 is 19.7 Å². The molecule has 31 heavy (non-hydrogen) atoms. The van der Waals surface area contributed by atoms with Crippen molar-refractivity contribution in [2.24, 2.45) is 5.92 Å². The predicted molar refractivity (Wildman–Crippen MR) is 113 cm³/mol. The Balaban J connectivity index is 1.41. The first kappa shape index (κ1) is 20.6. The number of anilines is 1. The third-order valence-corrected chi connectivity index (χ3v) is 5.69. The number of carbonyl (C=O) groups excluding carboxylic acids is 2. The Morgan fingerprint density at radius 3 is 2.39 bits per heavy atom. The molecule has 1 N–H and O–H groups in total. The van der Waals surface area contributed by atoms with Crippen LogP contribution in [0.1, 0.15) is 33.6 Å². The molecule has 0 atom stereocenters. The molecule has 1 amide bonds. The third kappa shape index (κ3) is 4.16. The summed E-state index contributed by atoms with van der Waals surface area (Å²) in [5.74, 6) is 0.791. The lowest BCUT2D eigenvalue weighted by molar-refractivity contribution is -0.384. The van der Waals surface area contributed by atoms with Crippen LogP contribution in [0.3, 0.4) is 0 Å². The van der Waals surface area contributed by atoms with Crippen LogP contribution < -0.4 is 14.8 Å². The molecule has 2 aromatic carbocycles. The second-order valence-electron chi connectivity index (χ2n) is 7.53. The highest BCUT2D eigenvalue weighted by atomic mass is 16.6. The molecule has 1 fully saturated rings. The number of carbonyl (C=O) groups is 2. The maximum atomic E-state index is 12.9. The Hall–Kier alpha value is -3.62. The van der Waals surface area contributed by atoms with E-state index in [1.54, 1.807) is 36.2 Å². The fourth-order valence-corrected chi connectivity index (χ4v) is 3.99. The molecule has 4 rings (SSSR count). The molecule has 0 saturated carbocycles. The minimum Gasteiger partial charge on any atom is -0.486 e. The fraction of sp³-hybridized carbons (Fsp3) is 0.364. The summed E-state index contributed by atoms with van der Waals surface area (Å²) < 4.78 is 11.1. The van der Waals surface area contributed by atoms with Gasteiger partial charge in [0.1, 0.15) is 18.9 Å². The number of ketones is 1. The maximum Gasteiger partial charge on any atom is 0.293 e. The molecule has 0 spiro atoms. The van der Waals surface area contributed by atoms with E-state index in [4.69, 9.17) is 9.47 Å². The first-order valence-corrected chi connectivity index (χ1v) is 10.2. The van der Waals surface area contributed by atoms with Gasteiger partial charge in [0.25, 0.3) is 11.6 Å². The normalized spacial score (nSPS) is 16.0. The lowest BCUT2D eigenvalue weighted by Crippen LogP contribution is -2.40. The van der Waals surface area contributed by atoms with Crippen LogP contribution in [0.2, 0.25) is 0 Å². The van der Waals surface area contributed by atoms with Gasteiger partial charge in [-0.05, 0) is 43.2 Å². The summed E-state index contributed by atoms with van der Waals surface area (Å²) in [6.45, 7) is 1.79. The topological polar surface area (TPSA) is 111 Å². The van der Waals surface area contributed by atoms with Crippen molar-refractivity contribution in [1.29, 1.82) is 0 Å². The molecular weight excluding hydrogens is 402 g/mol. The molecule has 9 nitrogen and oxygen atoms in total. The number of amides is 1. The van der Waals surface area contributed by atoms with Crippen LogP contribution in [0.4, 0.5) is 11.4 Å². The van der Waals surface area contributed by atoms with E-state index < -0.39 is 4.92 Å². The number of likely N-dealkylation sites (tertiary alicyclic amines) is 1. The predicted octanol–water partition coefficient (Wildman–Crippen LogP) is 3.14. The van der Waals surface area contributed by atoms with Crippen LogP contribution in [0.25, 0.3) is 0 Å². The van der Waals surface area contributed by atoms with Crippen LogP contribution in [0.5, 0.6) is 11.5 Å². The largest absolute Gasteiger partial charge is 0.486 e. The average Bonchev–Trinajstić information content (AvgIpc) is 2.82. The average molecular weight is 425 g/mol. The lowest BCUT2D eigenvalue weighted by Gasteiger charge is -2.31. The lowest BCUT2D eigenvalue weighted by atomic mass is 9.88. The number of hydrogen-bond acceptors (Lipinski definition) is 7. The van der Waals surface area contributed by atoms with E-state index in [9.17, 15) is 19.7 Å². The minimum absolute atomic E-state index is 0.0260. The minimum atomic E-state index is -0.513. The molecule has 0 bridgehead atoms. The van der Waals surface area contributed by atoms with E-state index in [-0.39, 0.29) is 28.9 Å². The van der Waals surface area contributed by atoms with Gasteiger partial charge >= 0.3 is 0 Å². The summed E-state index contributed by atoms with van der Waals surface area (Å²) in [6.07, 6.45) is 1.07. The van der Waals surface area contributed by atoms with Crippen molar-refractivity contribution in [3.05, 3.63) is 57.6 Å².